The fourth-order valence-corrected chi connectivity index (χ4v) is 4.35. The zero-order valence-corrected chi connectivity index (χ0v) is 18.7. The molecule has 3 amide bonds. The summed E-state index contributed by atoms with van der Waals surface area (Å²) in [6.45, 7) is 2.34. The maximum absolute atomic E-state index is 13.2. The van der Waals surface area contributed by atoms with Crippen molar-refractivity contribution in [2.24, 2.45) is 0 Å². The molecule has 2 heterocycles. The molecule has 0 aliphatic carbocycles. The van der Waals surface area contributed by atoms with Gasteiger partial charge in [-0.25, -0.2) is 4.39 Å². The number of anilines is 3. The summed E-state index contributed by atoms with van der Waals surface area (Å²) in [4.78, 5) is 38.3. The molecule has 1 atom stereocenters. The largest absolute Gasteiger partial charge is 0.326 e. The molecule has 170 valence electrons. The summed E-state index contributed by atoms with van der Waals surface area (Å²) < 4.78 is 13.2. The molecule has 0 spiro atoms. The van der Waals surface area contributed by atoms with Crippen LogP contribution in [0.5, 0.6) is 0 Å². The number of carbonyl (C=O) groups is 3. The van der Waals surface area contributed by atoms with E-state index < -0.39 is 0 Å². The van der Waals surface area contributed by atoms with E-state index in [2.05, 4.69) is 20.8 Å². The molecule has 0 bridgehead atoms. The van der Waals surface area contributed by atoms with Crippen molar-refractivity contribution in [3.63, 3.8) is 0 Å². The fourth-order valence-electron chi connectivity index (χ4n) is 3.52. The van der Waals surface area contributed by atoms with Gasteiger partial charge in [-0.15, -0.1) is 10.2 Å². The van der Waals surface area contributed by atoms with Gasteiger partial charge in [-0.2, -0.15) is 0 Å². The van der Waals surface area contributed by atoms with Crippen molar-refractivity contribution in [3.05, 3.63) is 64.9 Å². The Hall–Kier alpha value is -3.66. The normalized spacial score (nSPS) is 15.5. The van der Waals surface area contributed by atoms with Crippen molar-refractivity contribution in [2.75, 3.05) is 22.1 Å². The maximum atomic E-state index is 13.2. The Morgan fingerprint density at radius 1 is 1.09 bits per heavy atom. The zero-order chi connectivity index (χ0) is 23.4. The van der Waals surface area contributed by atoms with E-state index in [-0.39, 0.29) is 35.9 Å². The van der Waals surface area contributed by atoms with Gasteiger partial charge < -0.3 is 10.2 Å². The van der Waals surface area contributed by atoms with Crippen LogP contribution in [-0.2, 0) is 9.59 Å². The van der Waals surface area contributed by atoms with Crippen molar-refractivity contribution in [2.45, 2.75) is 32.1 Å². The molecule has 33 heavy (non-hydrogen) atoms. The Morgan fingerprint density at radius 2 is 1.82 bits per heavy atom. The van der Waals surface area contributed by atoms with E-state index in [1.54, 1.807) is 41.3 Å². The Morgan fingerprint density at radius 3 is 2.52 bits per heavy atom. The van der Waals surface area contributed by atoms with Crippen LogP contribution in [0.2, 0.25) is 0 Å². The van der Waals surface area contributed by atoms with Crippen LogP contribution in [0.15, 0.2) is 48.5 Å². The number of nitrogens with zero attached hydrogens (tertiary/aromatic N) is 3. The number of amides is 3. The third-order valence-corrected chi connectivity index (χ3v) is 6.18. The van der Waals surface area contributed by atoms with Crippen LogP contribution >= 0.6 is 11.3 Å². The summed E-state index contributed by atoms with van der Waals surface area (Å²) in [5.41, 5.74) is 1.68. The number of carbonyl (C=O) groups excluding carboxylic acids is 3. The van der Waals surface area contributed by atoms with Crippen molar-refractivity contribution in [3.8, 4) is 0 Å². The van der Waals surface area contributed by atoms with Crippen molar-refractivity contribution in [1.82, 2.24) is 10.2 Å². The topological polar surface area (TPSA) is 104 Å². The van der Waals surface area contributed by atoms with Gasteiger partial charge in [0.15, 0.2) is 0 Å². The number of benzene rings is 2. The highest BCUT2D eigenvalue weighted by Gasteiger charge is 2.34. The Balaban J connectivity index is 1.36. The third kappa shape index (κ3) is 5.40. The van der Waals surface area contributed by atoms with Crippen molar-refractivity contribution in [1.29, 1.82) is 0 Å². The second kappa shape index (κ2) is 9.86. The highest BCUT2D eigenvalue weighted by molar-refractivity contribution is 7.15. The van der Waals surface area contributed by atoms with E-state index in [1.165, 1.54) is 23.5 Å². The molecule has 0 saturated carbocycles. The minimum atomic E-state index is -0.359. The lowest BCUT2D eigenvalue weighted by Crippen LogP contribution is -2.24. The van der Waals surface area contributed by atoms with Gasteiger partial charge in [-0.3, -0.25) is 19.7 Å². The van der Waals surface area contributed by atoms with Crippen LogP contribution in [0.1, 0.15) is 47.5 Å². The Labute approximate surface area is 193 Å². The molecule has 2 N–H and O–H groups in total. The molecule has 10 heteroatoms. The van der Waals surface area contributed by atoms with Crippen LogP contribution in [-0.4, -0.2) is 34.5 Å². The maximum Gasteiger partial charge on any atom is 0.257 e. The number of halogens is 1. The molecule has 1 aromatic heterocycles. The molecule has 1 aliphatic rings. The van der Waals surface area contributed by atoms with Gasteiger partial charge in [0.25, 0.3) is 5.91 Å². The monoisotopic (exact) mass is 467 g/mol. The lowest BCUT2D eigenvalue weighted by Gasteiger charge is -2.16. The minimum Gasteiger partial charge on any atom is -0.326 e. The third-order valence-electron chi connectivity index (χ3n) is 5.18. The molecule has 3 aromatic rings. The SMILES string of the molecule is CCCC(=O)Nc1ccc(C(=O)Nc2nnc(C3CC(=O)N(c4ccc(F)cc4)C3)s2)cc1. The second-order valence-corrected chi connectivity index (χ2v) is 8.67. The number of nitrogens with one attached hydrogen (secondary N) is 2. The first-order valence-corrected chi connectivity index (χ1v) is 11.3. The lowest BCUT2D eigenvalue weighted by molar-refractivity contribution is -0.117. The van der Waals surface area contributed by atoms with Gasteiger partial charge in [0, 0.05) is 42.2 Å². The predicted molar refractivity (Wildman–Crippen MR) is 124 cm³/mol. The molecule has 1 fully saturated rings. The molecular formula is C23H22FN5O3S. The summed E-state index contributed by atoms with van der Waals surface area (Å²) in [5, 5.41) is 14.7. The molecule has 1 aliphatic heterocycles. The predicted octanol–water partition coefficient (Wildman–Crippen LogP) is 4.19. The number of aromatic nitrogens is 2. The minimum absolute atomic E-state index is 0.0699. The quantitative estimate of drug-likeness (QED) is 0.542. The molecular weight excluding hydrogens is 445 g/mol. The van der Waals surface area contributed by atoms with Gasteiger partial charge in [0.2, 0.25) is 16.9 Å². The lowest BCUT2D eigenvalue weighted by atomic mass is 10.1. The van der Waals surface area contributed by atoms with Gasteiger partial charge in [0.1, 0.15) is 10.8 Å². The van der Waals surface area contributed by atoms with E-state index in [0.29, 0.717) is 40.0 Å². The Kier molecular flexibility index (Phi) is 6.74. The average molecular weight is 468 g/mol. The van der Waals surface area contributed by atoms with Crippen molar-refractivity contribution >= 4 is 45.6 Å². The molecule has 4 rings (SSSR count). The van der Waals surface area contributed by atoms with E-state index in [1.807, 2.05) is 6.92 Å². The first kappa shape index (κ1) is 22.5. The van der Waals surface area contributed by atoms with Gasteiger partial charge in [-0.1, -0.05) is 18.3 Å². The average Bonchev–Trinajstić information content (AvgIpc) is 3.41. The molecule has 0 radical (unpaired) electrons. The first-order chi connectivity index (χ1) is 15.9. The van der Waals surface area contributed by atoms with E-state index in [9.17, 15) is 18.8 Å². The molecule has 1 saturated heterocycles. The summed E-state index contributed by atoms with van der Waals surface area (Å²) in [6, 6.07) is 12.4. The van der Waals surface area contributed by atoms with E-state index >= 15 is 0 Å². The summed E-state index contributed by atoms with van der Waals surface area (Å²) >= 11 is 1.22. The van der Waals surface area contributed by atoms with Crippen molar-refractivity contribution < 1.29 is 18.8 Å². The van der Waals surface area contributed by atoms with Gasteiger partial charge in [-0.05, 0) is 55.0 Å². The van der Waals surface area contributed by atoms with Crippen LogP contribution in [0.25, 0.3) is 0 Å². The summed E-state index contributed by atoms with van der Waals surface area (Å²) in [5.74, 6) is -1.00. The van der Waals surface area contributed by atoms with Gasteiger partial charge in [0.05, 0.1) is 0 Å². The van der Waals surface area contributed by atoms with E-state index in [0.717, 1.165) is 6.42 Å². The fraction of sp³-hybridized carbons (Fsp3) is 0.261. The van der Waals surface area contributed by atoms with Crippen LogP contribution in [0, 0.1) is 5.82 Å². The van der Waals surface area contributed by atoms with Gasteiger partial charge >= 0.3 is 0 Å². The van der Waals surface area contributed by atoms with Crippen LogP contribution in [0.4, 0.5) is 20.9 Å². The van der Waals surface area contributed by atoms with E-state index in [4.69, 9.17) is 0 Å². The molecule has 8 nitrogen and oxygen atoms in total. The number of hydrogen-bond donors (Lipinski definition) is 2. The highest BCUT2D eigenvalue weighted by Crippen LogP contribution is 2.34. The number of rotatable bonds is 7. The molecule has 1 unspecified atom stereocenters. The standard InChI is InChI=1S/C23H22FN5O3S/c1-2-3-19(30)25-17-8-4-14(5-9-17)21(32)26-23-28-27-22(33-23)15-12-20(31)29(13-15)18-10-6-16(24)7-11-18/h4-11,15H,2-3,12-13H2,1H3,(H,25,30)(H,26,28,32). The second-order valence-electron chi connectivity index (χ2n) is 7.66. The summed E-state index contributed by atoms with van der Waals surface area (Å²) in [7, 11) is 0. The summed E-state index contributed by atoms with van der Waals surface area (Å²) in [6.07, 6.45) is 1.47. The molecule has 2 aromatic carbocycles. The van der Waals surface area contributed by atoms with Crippen LogP contribution < -0.4 is 15.5 Å². The highest BCUT2D eigenvalue weighted by atomic mass is 32.1. The first-order valence-electron chi connectivity index (χ1n) is 10.5. The Bertz CT molecular complexity index is 1160. The van der Waals surface area contributed by atoms with Crippen LogP contribution in [0.3, 0.4) is 0 Å². The number of hydrogen-bond acceptors (Lipinski definition) is 6. The smallest absolute Gasteiger partial charge is 0.257 e. The zero-order valence-electron chi connectivity index (χ0n) is 17.9.